The summed E-state index contributed by atoms with van der Waals surface area (Å²) in [5.41, 5.74) is 2.02. The molecular weight excluding hydrogens is 202 g/mol. The maximum atomic E-state index is 11.6. The van der Waals surface area contributed by atoms with Gasteiger partial charge in [0.2, 0.25) is 11.6 Å². The highest BCUT2D eigenvalue weighted by molar-refractivity contribution is 6.50. The summed E-state index contributed by atoms with van der Waals surface area (Å²) in [5, 5.41) is 3.18. The molecule has 3 heteroatoms. The van der Waals surface area contributed by atoms with Gasteiger partial charge in [-0.05, 0) is 13.8 Å². The van der Waals surface area contributed by atoms with Crippen LogP contribution in [-0.2, 0) is 4.79 Å². The van der Waals surface area contributed by atoms with Crippen LogP contribution >= 0.6 is 0 Å². The van der Waals surface area contributed by atoms with E-state index in [1.807, 2.05) is 26.0 Å². The number of carbonyl (C=O) groups excluding carboxylic acids is 2. The predicted octanol–water partition coefficient (Wildman–Crippen LogP) is 1.79. The average Bonchev–Trinajstić information content (AvgIpc) is 2.25. The predicted molar refractivity (Wildman–Crippen MR) is 62.0 cm³/mol. The number of carbonyl (C=O) groups is 2. The minimum atomic E-state index is -0.457. The Hall–Kier alpha value is -1.90. The summed E-state index contributed by atoms with van der Waals surface area (Å²) >= 11 is 0. The monoisotopic (exact) mass is 215 g/mol. The Kier molecular flexibility index (Phi) is 2.60. The zero-order valence-corrected chi connectivity index (χ0v) is 9.28. The van der Waals surface area contributed by atoms with Crippen molar-refractivity contribution >= 4 is 17.3 Å². The molecule has 0 atom stereocenters. The Bertz CT molecular complexity index is 486. The van der Waals surface area contributed by atoms with Crippen molar-refractivity contribution in [2.75, 3.05) is 0 Å². The van der Waals surface area contributed by atoms with E-state index < -0.39 is 11.6 Å². The lowest BCUT2D eigenvalue weighted by molar-refractivity contribution is -0.111. The molecule has 0 saturated carbocycles. The van der Waals surface area contributed by atoms with Crippen molar-refractivity contribution in [3.05, 3.63) is 41.5 Å². The lowest BCUT2D eigenvalue weighted by Crippen LogP contribution is -2.28. The SMILES string of the molecule is CC(C)NC1=CC(=O)C(=O)c2ccccc21. The lowest BCUT2D eigenvalue weighted by Gasteiger charge is -2.19. The fourth-order valence-corrected chi connectivity index (χ4v) is 1.75. The van der Waals surface area contributed by atoms with Crippen molar-refractivity contribution in [3.63, 3.8) is 0 Å². The summed E-state index contributed by atoms with van der Waals surface area (Å²) in [5.74, 6) is -0.883. The second-order valence-corrected chi connectivity index (χ2v) is 4.10. The molecule has 0 radical (unpaired) electrons. The Morgan fingerprint density at radius 3 is 2.31 bits per heavy atom. The maximum absolute atomic E-state index is 11.6. The number of allylic oxidation sites excluding steroid dienone is 1. The molecule has 0 heterocycles. The quantitative estimate of drug-likeness (QED) is 0.765. The Morgan fingerprint density at radius 1 is 1.06 bits per heavy atom. The van der Waals surface area contributed by atoms with E-state index in [1.54, 1.807) is 12.1 Å². The van der Waals surface area contributed by atoms with Crippen LogP contribution in [0, 0.1) is 0 Å². The van der Waals surface area contributed by atoms with E-state index in [-0.39, 0.29) is 6.04 Å². The molecule has 0 unspecified atom stereocenters. The summed E-state index contributed by atoms with van der Waals surface area (Å²) in [6.07, 6.45) is 1.38. The Morgan fingerprint density at radius 2 is 1.69 bits per heavy atom. The van der Waals surface area contributed by atoms with Crippen molar-refractivity contribution in [1.29, 1.82) is 0 Å². The van der Waals surface area contributed by atoms with Gasteiger partial charge in [0.15, 0.2) is 0 Å². The molecule has 0 aromatic heterocycles. The van der Waals surface area contributed by atoms with Crippen LogP contribution in [0.1, 0.15) is 29.8 Å². The number of benzene rings is 1. The summed E-state index contributed by atoms with van der Waals surface area (Å²) in [6, 6.07) is 7.38. The van der Waals surface area contributed by atoms with Crippen molar-refractivity contribution in [3.8, 4) is 0 Å². The molecule has 16 heavy (non-hydrogen) atoms. The maximum Gasteiger partial charge on any atom is 0.233 e. The molecule has 1 aliphatic rings. The van der Waals surface area contributed by atoms with Gasteiger partial charge in [0.25, 0.3) is 0 Å². The number of fused-ring (bicyclic) bond motifs is 1. The summed E-state index contributed by atoms with van der Waals surface area (Å²) < 4.78 is 0. The van der Waals surface area contributed by atoms with Gasteiger partial charge in [0.1, 0.15) is 0 Å². The van der Waals surface area contributed by atoms with Gasteiger partial charge >= 0.3 is 0 Å². The molecule has 0 amide bonds. The fraction of sp³-hybridized carbons (Fsp3) is 0.231. The molecule has 0 aliphatic heterocycles. The number of ketones is 2. The minimum Gasteiger partial charge on any atom is -0.382 e. The molecule has 1 N–H and O–H groups in total. The van der Waals surface area contributed by atoms with Crippen LogP contribution in [-0.4, -0.2) is 17.6 Å². The molecule has 0 saturated heterocycles. The van der Waals surface area contributed by atoms with E-state index in [0.29, 0.717) is 5.56 Å². The van der Waals surface area contributed by atoms with Gasteiger partial charge in [-0.25, -0.2) is 0 Å². The molecule has 2 rings (SSSR count). The summed E-state index contributed by atoms with van der Waals surface area (Å²) in [6.45, 7) is 3.98. The van der Waals surface area contributed by atoms with Crippen LogP contribution in [0.3, 0.4) is 0 Å². The number of hydrogen-bond donors (Lipinski definition) is 1. The van der Waals surface area contributed by atoms with Crippen LogP contribution < -0.4 is 5.32 Å². The van der Waals surface area contributed by atoms with Gasteiger partial charge in [0.05, 0.1) is 0 Å². The third kappa shape index (κ3) is 1.76. The third-order valence-corrected chi connectivity index (χ3v) is 2.41. The van der Waals surface area contributed by atoms with Gasteiger partial charge in [-0.2, -0.15) is 0 Å². The zero-order chi connectivity index (χ0) is 11.7. The van der Waals surface area contributed by atoms with Crippen LogP contribution in [0.2, 0.25) is 0 Å². The zero-order valence-electron chi connectivity index (χ0n) is 9.28. The van der Waals surface area contributed by atoms with Gasteiger partial charge in [0, 0.05) is 28.9 Å². The first-order chi connectivity index (χ1) is 7.59. The largest absolute Gasteiger partial charge is 0.382 e. The number of nitrogens with one attached hydrogen (secondary N) is 1. The van der Waals surface area contributed by atoms with E-state index in [2.05, 4.69) is 5.32 Å². The first kappa shape index (κ1) is 10.6. The second-order valence-electron chi connectivity index (χ2n) is 4.10. The van der Waals surface area contributed by atoms with E-state index in [4.69, 9.17) is 0 Å². The van der Waals surface area contributed by atoms with E-state index in [9.17, 15) is 9.59 Å². The smallest absolute Gasteiger partial charge is 0.233 e. The van der Waals surface area contributed by atoms with Gasteiger partial charge < -0.3 is 5.32 Å². The van der Waals surface area contributed by atoms with Crippen molar-refractivity contribution in [2.45, 2.75) is 19.9 Å². The molecule has 0 bridgehead atoms. The molecule has 0 spiro atoms. The van der Waals surface area contributed by atoms with Gasteiger partial charge in [-0.15, -0.1) is 0 Å². The topological polar surface area (TPSA) is 46.2 Å². The number of rotatable bonds is 2. The molecule has 1 aromatic carbocycles. The molecule has 1 aliphatic carbocycles. The van der Waals surface area contributed by atoms with Gasteiger partial charge in [-0.3, -0.25) is 9.59 Å². The first-order valence-electron chi connectivity index (χ1n) is 5.26. The molecule has 0 fully saturated rings. The normalized spacial score (nSPS) is 14.8. The van der Waals surface area contributed by atoms with Crippen LogP contribution in [0.15, 0.2) is 30.3 Å². The van der Waals surface area contributed by atoms with Crippen LogP contribution in [0.4, 0.5) is 0 Å². The van der Waals surface area contributed by atoms with Crippen molar-refractivity contribution in [1.82, 2.24) is 5.32 Å². The minimum absolute atomic E-state index is 0.223. The highest BCUT2D eigenvalue weighted by Crippen LogP contribution is 2.23. The van der Waals surface area contributed by atoms with E-state index in [0.717, 1.165) is 11.3 Å². The van der Waals surface area contributed by atoms with Crippen molar-refractivity contribution < 1.29 is 9.59 Å². The first-order valence-corrected chi connectivity index (χ1v) is 5.26. The number of Topliss-reactive ketones (excluding diaryl/α,β-unsaturated/α-hetero) is 1. The lowest BCUT2D eigenvalue weighted by atomic mass is 9.92. The standard InChI is InChI=1S/C13H13NO2/c1-8(2)14-11-7-12(15)13(16)10-6-4-3-5-9(10)11/h3-8,14H,1-2H3. The molecule has 82 valence electrons. The molecule has 3 nitrogen and oxygen atoms in total. The van der Waals surface area contributed by atoms with E-state index in [1.165, 1.54) is 6.08 Å². The summed E-state index contributed by atoms with van der Waals surface area (Å²) in [7, 11) is 0. The van der Waals surface area contributed by atoms with Crippen LogP contribution in [0.25, 0.3) is 5.70 Å². The highest BCUT2D eigenvalue weighted by Gasteiger charge is 2.25. The van der Waals surface area contributed by atoms with Crippen LogP contribution in [0.5, 0.6) is 0 Å². The Balaban J connectivity index is 2.51. The fourth-order valence-electron chi connectivity index (χ4n) is 1.75. The third-order valence-electron chi connectivity index (χ3n) is 2.41. The second kappa shape index (κ2) is 3.93. The molecule has 1 aromatic rings. The average molecular weight is 215 g/mol. The van der Waals surface area contributed by atoms with Crippen molar-refractivity contribution in [2.24, 2.45) is 0 Å². The number of hydrogen-bond acceptors (Lipinski definition) is 3. The van der Waals surface area contributed by atoms with E-state index >= 15 is 0 Å². The molecular formula is C13H13NO2. The van der Waals surface area contributed by atoms with Gasteiger partial charge in [-0.1, -0.05) is 24.3 Å². The Labute approximate surface area is 94.2 Å². The highest BCUT2D eigenvalue weighted by atomic mass is 16.2. The summed E-state index contributed by atoms with van der Waals surface area (Å²) in [4.78, 5) is 23.1.